The molecule has 0 aliphatic heterocycles. The summed E-state index contributed by atoms with van der Waals surface area (Å²) in [6.45, 7) is 6.62. The normalized spacial score (nSPS) is 27.4. The lowest BCUT2D eigenvalue weighted by Gasteiger charge is -2.28. The van der Waals surface area contributed by atoms with Gasteiger partial charge in [-0.2, -0.15) is 0 Å². The molecule has 23 heavy (non-hydrogen) atoms. The van der Waals surface area contributed by atoms with Gasteiger partial charge in [-0.05, 0) is 67.4 Å². The first kappa shape index (κ1) is 16.5. The first-order valence-corrected chi connectivity index (χ1v) is 9.41. The minimum Gasteiger partial charge on any atom is -0.353 e. The monoisotopic (exact) mass is 313 g/mol. The van der Waals surface area contributed by atoms with Crippen molar-refractivity contribution in [1.82, 2.24) is 5.32 Å². The maximum atomic E-state index is 12.3. The summed E-state index contributed by atoms with van der Waals surface area (Å²) in [5.41, 5.74) is 2.63. The van der Waals surface area contributed by atoms with Gasteiger partial charge in [-0.15, -0.1) is 0 Å². The summed E-state index contributed by atoms with van der Waals surface area (Å²) < 4.78 is 0. The third-order valence-electron chi connectivity index (χ3n) is 6.11. The van der Waals surface area contributed by atoms with Gasteiger partial charge in [-0.25, -0.2) is 0 Å². The fourth-order valence-electron chi connectivity index (χ4n) is 4.67. The summed E-state index contributed by atoms with van der Waals surface area (Å²) in [5.74, 6) is 3.33. The van der Waals surface area contributed by atoms with Crippen LogP contribution in [0.15, 0.2) is 24.3 Å². The van der Waals surface area contributed by atoms with Crippen molar-refractivity contribution >= 4 is 5.91 Å². The van der Waals surface area contributed by atoms with Crippen molar-refractivity contribution < 1.29 is 4.79 Å². The standard InChI is InChI=1S/C21H31NO/c1-14(2)18-8-4-16(5-9-18)7-11-21(23)22-15(3)20-13-17-6-10-19(20)12-17/h4-5,8-9,14-15,17,19-20H,6-7,10-13H2,1-3H3,(H,22,23)/t15-,17-,19-,20-/m0/s1. The summed E-state index contributed by atoms with van der Waals surface area (Å²) >= 11 is 0. The van der Waals surface area contributed by atoms with Crippen LogP contribution in [0, 0.1) is 17.8 Å². The van der Waals surface area contributed by atoms with Crippen LogP contribution >= 0.6 is 0 Å². The van der Waals surface area contributed by atoms with Crippen LogP contribution in [0.4, 0.5) is 0 Å². The average molecular weight is 313 g/mol. The van der Waals surface area contributed by atoms with E-state index in [9.17, 15) is 4.79 Å². The first-order valence-electron chi connectivity index (χ1n) is 9.41. The highest BCUT2D eigenvalue weighted by atomic mass is 16.1. The van der Waals surface area contributed by atoms with Crippen molar-refractivity contribution in [3.05, 3.63) is 35.4 Å². The summed E-state index contributed by atoms with van der Waals surface area (Å²) in [4.78, 5) is 12.3. The molecule has 0 heterocycles. The molecule has 2 fully saturated rings. The first-order chi connectivity index (χ1) is 11.0. The highest BCUT2D eigenvalue weighted by Crippen LogP contribution is 2.49. The van der Waals surface area contributed by atoms with E-state index >= 15 is 0 Å². The summed E-state index contributed by atoms with van der Waals surface area (Å²) in [6.07, 6.45) is 7.00. The molecule has 2 aliphatic carbocycles. The molecule has 2 bridgehead atoms. The zero-order valence-corrected chi connectivity index (χ0v) is 14.8. The lowest BCUT2D eigenvalue weighted by Crippen LogP contribution is -2.40. The molecule has 4 atom stereocenters. The van der Waals surface area contributed by atoms with Crippen LogP contribution in [0.1, 0.15) is 69.9 Å². The van der Waals surface area contributed by atoms with Crippen LogP contribution in [-0.4, -0.2) is 11.9 Å². The van der Waals surface area contributed by atoms with Crippen molar-refractivity contribution in [2.75, 3.05) is 0 Å². The number of hydrogen-bond acceptors (Lipinski definition) is 1. The number of amides is 1. The Bertz CT molecular complexity index is 533. The van der Waals surface area contributed by atoms with Gasteiger partial charge in [0.1, 0.15) is 0 Å². The Labute approximate surface area is 141 Å². The molecule has 2 aliphatic rings. The number of fused-ring (bicyclic) bond motifs is 2. The smallest absolute Gasteiger partial charge is 0.220 e. The van der Waals surface area contributed by atoms with Gasteiger partial charge in [-0.3, -0.25) is 4.79 Å². The molecule has 3 rings (SSSR count). The largest absolute Gasteiger partial charge is 0.353 e. The molecule has 0 unspecified atom stereocenters. The minimum absolute atomic E-state index is 0.216. The Balaban J connectivity index is 1.44. The van der Waals surface area contributed by atoms with E-state index in [0.29, 0.717) is 18.4 Å². The molecule has 0 spiro atoms. The molecule has 2 nitrogen and oxygen atoms in total. The predicted octanol–water partition coefficient (Wildman–Crippen LogP) is 4.68. The molecule has 1 aromatic rings. The quantitative estimate of drug-likeness (QED) is 0.811. The van der Waals surface area contributed by atoms with Crippen molar-refractivity contribution in [3.8, 4) is 0 Å². The lowest BCUT2D eigenvalue weighted by molar-refractivity contribution is -0.122. The number of carbonyl (C=O) groups is 1. The molecule has 1 aromatic carbocycles. The predicted molar refractivity (Wildman–Crippen MR) is 95.4 cm³/mol. The van der Waals surface area contributed by atoms with Crippen LogP contribution in [0.25, 0.3) is 0 Å². The van der Waals surface area contributed by atoms with Crippen molar-refractivity contribution in [1.29, 1.82) is 0 Å². The van der Waals surface area contributed by atoms with Gasteiger partial charge in [-0.1, -0.05) is 44.5 Å². The van der Waals surface area contributed by atoms with Crippen molar-refractivity contribution in [2.24, 2.45) is 17.8 Å². The molecular formula is C21H31NO. The number of nitrogens with one attached hydrogen (secondary N) is 1. The Morgan fingerprint density at radius 2 is 1.87 bits per heavy atom. The zero-order chi connectivity index (χ0) is 16.4. The summed E-state index contributed by atoms with van der Waals surface area (Å²) in [6, 6.07) is 9.07. The molecule has 0 radical (unpaired) electrons. The molecule has 126 valence electrons. The topological polar surface area (TPSA) is 29.1 Å². The van der Waals surface area contributed by atoms with Gasteiger partial charge in [0.15, 0.2) is 0 Å². The molecule has 2 heteroatoms. The van der Waals surface area contributed by atoms with Crippen molar-refractivity contribution in [3.63, 3.8) is 0 Å². The Kier molecular flexibility index (Phi) is 5.08. The van der Waals surface area contributed by atoms with E-state index in [1.807, 2.05) is 0 Å². The Morgan fingerprint density at radius 3 is 2.43 bits per heavy atom. The number of carbonyl (C=O) groups excluding carboxylic acids is 1. The maximum absolute atomic E-state index is 12.3. The summed E-state index contributed by atoms with van der Waals surface area (Å²) in [7, 11) is 0. The molecule has 0 saturated heterocycles. The van der Waals surface area contributed by atoms with Crippen LogP contribution in [-0.2, 0) is 11.2 Å². The van der Waals surface area contributed by atoms with Gasteiger partial charge in [0.2, 0.25) is 5.91 Å². The number of benzene rings is 1. The second-order valence-corrected chi connectivity index (χ2v) is 8.09. The lowest BCUT2D eigenvalue weighted by atomic mass is 9.84. The van der Waals surface area contributed by atoms with Crippen LogP contribution < -0.4 is 5.32 Å². The van der Waals surface area contributed by atoms with Crippen molar-refractivity contribution in [2.45, 2.75) is 71.3 Å². The average Bonchev–Trinajstić information content (AvgIpc) is 3.16. The highest BCUT2D eigenvalue weighted by molar-refractivity contribution is 5.76. The number of aryl methyl sites for hydroxylation is 1. The molecule has 0 aromatic heterocycles. The van der Waals surface area contributed by atoms with Crippen LogP contribution in [0.2, 0.25) is 0 Å². The molecule has 2 saturated carbocycles. The molecule has 1 N–H and O–H groups in total. The third-order valence-corrected chi connectivity index (χ3v) is 6.11. The van der Waals surface area contributed by atoms with Gasteiger partial charge < -0.3 is 5.32 Å². The number of rotatable bonds is 6. The molecule has 1 amide bonds. The summed E-state index contributed by atoms with van der Waals surface area (Å²) in [5, 5.41) is 3.27. The van der Waals surface area contributed by atoms with E-state index < -0.39 is 0 Å². The van der Waals surface area contributed by atoms with E-state index in [1.54, 1.807) is 0 Å². The van der Waals surface area contributed by atoms with Crippen LogP contribution in [0.5, 0.6) is 0 Å². The second-order valence-electron chi connectivity index (χ2n) is 8.09. The van der Waals surface area contributed by atoms with E-state index in [-0.39, 0.29) is 5.91 Å². The third kappa shape index (κ3) is 3.97. The highest BCUT2D eigenvalue weighted by Gasteiger charge is 2.41. The number of hydrogen-bond donors (Lipinski definition) is 1. The van der Waals surface area contributed by atoms with E-state index in [2.05, 4.69) is 50.4 Å². The molecular weight excluding hydrogens is 282 g/mol. The van der Waals surface area contributed by atoms with Gasteiger partial charge in [0.25, 0.3) is 0 Å². The SMILES string of the molecule is CC(C)c1ccc(CCC(=O)N[C@@H](C)[C@@H]2C[C@H]3CC[C@H]2C3)cc1. The fourth-order valence-corrected chi connectivity index (χ4v) is 4.67. The minimum atomic E-state index is 0.216. The van der Waals surface area contributed by atoms with Gasteiger partial charge >= 0.3 is 0 Å². The zero-order valence-electron chi connectivity index (χ0n) is 14.8. The van der Waals surface area contributed by atoms with Gasteiger partial charge in [0, 0.05) is 12.5 Å². The Hall–Kier alpha value is -1.31. The van der Waals surface area contributed by atoms with E-state index in [0.717, 1.165) is 24.2 Å². The maximum Gasteiger partial charge on any atom is 0.220 e. The van der Waals surface area contributed by atoms with E-state index in [4.69, 9.17) is 0 Å². The van der Waals surface area contributed by atoms with Crippen LogP contribution in [0.3, 0.4) is 0 Å². The second kappa shape index (κ2) is 7.07. The fraction of sp³-hybridized carbons (Fsp3) is 0.667. The van der Waals surface area contributed by atoms with E-state index in [1.165, 1.54) is 36.8 Å². The van der Waals surface area contributed by atoms with Gasteiger partial charge in [0.05, 0.1) is 0 Å². The Morgan fingerprint density at radius 1 is 1.13 bits per heavy atom.